The van der Waals surface area contributed by atoms with E-state index in [1.807, 2.05) is 24.3 Å². The van der Waals surface area contributed by atoms with Gasteiger partial charge in [-0.1, -0.05) is 79.7 Å². The molecule has 0 fully saturated rings. The molecule has 0 aliphatic carbocycles. The van der Waals surface area contributed by atoms with Crippen LogP contribution in [0.2, 0.25) is 0 Å². The molecule has 4 N–H and O–H groups in total. The summed E-state index contributed by atoms with van der Waals surface area (Å²) in [6.07, 6.45) is 4.97. The fourth-order valence-corrected chi connectivity index (χ4v) is 5.27. The van der Waals surface area contributed by atoms with E-state index in [1.54, 1.807) is 0 Å². The van der Waals surface area contributed by atoms with Crippen LogP contribution in [0.15, 0.2) is 24.3 Å². The van der Waals surface area contributed by atoms with Gasteiger partial charge in [0.1, 0.15) is 11.5 Å². The minimum Gasteiger partial charge on any atom is -0.507 e. The van der Waals surface area contributed by atoms with Gasteiger partial charge in [-0.3, -0.25) is 9.59 Å². The van der Waals surface area contributed by atoms with Crippen molar-refractivity contribution in [2.24, 2.45) is 23.7 Å². The third-order valence-electron chi connectivity index (χ3n) is 7.02. The second-order valence-corrected chi connectivity index (χ2v) is 13.3. The number of aromatic hydroxyl groups is 2. The Bertz CT molecular complexity index is 999. The maximum Gasteiger partial charge on any atom is 0.221 e. The maximum atomic E-state index is 12.5. The van der Waals surface area contributed by atoms with Crippen LogP contribution in [-0.2, 0) is 48.1 Å². The fraction of sp³-hybridized carbons (Fsp3) is 0.600. The van der Waals surface area contributed by atoms with Gasteiger partial charge < -0.3 is 20.8 Å². The molecule has 0 aliphatic rings. The molecule has 0 heterocycles. The van der Waals surface area contributed by atoms with Gasteiger partial charge in [-0.15, -0.1) is 0 Å². The summed E-state index contributed by atoms with van der Waals surface area (Å²) in [5, 5.41) is 27.1. The molecule has 0 spiro atoms. The first kappa shape index (κ1) is 34.2. The molecule has 2 rings (SSSR count). The second kappa shape index (κ2) is 16.4. The van der Waals surface area contributed by atoms with Gasteiger partial charge >= 0.3 is 0 Å². The van der Waals surface area contributed by atoms with E-state index in [-0.39, 0.29) is 18.5 Å². The number of aryl methyl sites for hydroxylation is 2. The summed E-state index contributed by atoms with van der Waals surface area (Å²) in [4.78, 5) is 25.0. The number of carbonyl (C=O) groups excluding carboxylic acids is 2. The van der Waals surface area contributed by atoms with Crippen LogP contribution in [0.3, 0.4) is 0 Å². The third-order valence-corrected chi connectivity index (χ3v) is 7.02. The van der Waals surface area contributed by atoms with Crippen LogP contribution in [0.25, 0.3) is 0 Å². The summed E-state index contributed by atoms with van der Waals surface area (Å²) in [6.45, 7) is 17.2. The highest BCUT2D eigenvalue weighted by Crippen LogP contribution is 2.31. The maximum absolute atomic E-state index is 12.5. The van der Waals surface area contributed by atoms with Gasteiger partial charge in [0.2, 0.25) is 11.8 Å². The van der Waals surface area contributed by atoms with Crippen molar-refractivity contribution < 1.29 is 19.8 Å². The van der Waals surface area contributed by atoms with E-state index in [0.717, 1.165) is 59.1 Å². The quantitative estimate of drug-likeness (QED) is 0.171. The molecule has 0 atom stereocenters. The predicted molar refractivity (Wildman–Crippen MR) is 168 cm³/mol. The number of nitrogens with one attached hydrogen (secondary N) is 2. The monoisotopic (exact) mass is 566 g/mol. The van der Waals surface area contributed by atoms with E-state index in [1.165, 1.54) is 0 Å². The number of amides is 2. The van der Waals surface area contributed by atoms with E-state index in [4.69, 9.17) is 0 Å². The topological polar surface area (TPSA) is 98.7 Å². The van der Waals surface area contributed by atoms with Gasteiger partial charge in [0.25, 0.3) is 0 Å². The van der Waals surface area contributed by atoms with Gasteiger partial charge in [0.15, 0.2) is 0 Å². The Hall–Kier alpha value is -3.02. The molecular weight excluding hydrogens is 512 g/mol. The average molecular weight is 567 g/mol. The van der Waals surface area contributed by atoms with Gasteiger partial charge in [-0.25, -0.2) is 0 Å². The SMILES string of the molecule is CC(C)Cc1cc(CCC(=O)NCNC(=O)CCc2cc(CC(C)C)c(O)c(CC(C)C)c2)cc(CC(C)C)c1O. The lowest BCUT2D eigenvalue weighted by Crippen LogP contribution is -2.37. The number of rotatable bonds is 16. The van der Waals surface area contributed by atoms with Crippen molar-refractivity contribution in [3.63, 3.8) is 0 Å². The molecule has 6 nitrogen and oxygen atoms in total. The molecule has 41 heavy (non-hydrogen) atoms. The first-order valence-corrected chi connectivity index (χ1v) is 15.5. The molecule has 0 aromatic heterocycles. The number of carbonyl (C=O) groups is 2. The highest BCUT2D eigenvalue weighted by molar-refractivity contribution is 5.78. The first-order chi connectivity index (χ1) is 19.2. The first-order valence-electron chi connectivity index (χ1n) is 15.5. The summed E-state index contributed by atoms with van der Waals surface area (Å²) in [6, 6.07) is 8.10. The number of benzene rings is 2. The molecule has 228 valence electrons. The predicted octanol–water partition coefficient (Wildman–Crippen LogP) is 6.65. The molecule has 0 saturated heterocycles. The number of hydrogen-bond acceptors (Lipinski definition) is 4. The molecule has 0 radical (unpaired) electrons. The largest absolute Gasteiger partial charge is 0.507 e. The normalized spacial score (nSPS) is 11.6. The highest BCUT2D eigenvalue weighted by atomic mass is 16.3. The summed E-state index contributed by atoms with van der Waals surface area (Å²) in [7, 11) is 0. The van der Waals surface area contributed by atoms with Crippen molar-refractivity contribution in [3.8, 4) is 11.5 Å². The Kier molecular flexibility index (Phi) is 13.7. The smallest absolute Gasteiger partial charge is 0.221 e. The van der Waals surface area contributed by atoms with Gasteiger partial charge in [-0.05, 0) is 95.6 Å². The zero-order valence-electron chi connectivity index (χ0n) is 26.7. The van der Waals surface area contributed by atoms with Crippen LogP contribution in [0.5, 0.6) is 11.5 Å². The van der Waals surface area contributed by atoms with Crippen molar-refractivity contribution in [2.45, 2.75) is 107 Å². The van der Waals surface area contributed by atoms with Crippen molar-refractivity contribution in [1.29, 1.82) is 0 Å². The lowest BCUT2D eigenvalue weighted by Gasteiger charge is -2.16. The summed E-state index contributed by atoms with van der Waals surface area (Å²) < 4.78 is 0. The van der Waals surface area contributed by atoms with Crippen molar-refractivity contribution >= 4 is 11.8 Å². The Balaban J connectivity index is 1.89. The molecule has 0 bridgehead atoms. The molecule has 0 unspecified atom stereocenters. The van der Waals surface area contributed by atoms with Gasteiger partial charge in [0.05, 0.1) is 6.67 Å². The van der Waals surface area contributed by atoms with Crippen LogP contribution in [0.4, 0.5) is 0 Å². The Morgan fingerprint density at radius 3 is 1.07 bits per heavy atom. The highest BCUT2D eigenvalue weighted by Gasteiger charge is 2.15. The average Bonchev–Trinajstić information content (AvgIpc) is 2.85. The zero-order chi connectivity index (χ0) is 30.7. The summed E-state index contributed by atoms with van der Waals surface area (Å²) in [5.74, 6) is 2.24. The second-order valence-electron chi connectivity index (χ2n) is 13.3. The minimum absolute atomic E-state index is 0.0945. The van der Waals surface area contributed by atoms with E-state index in [9.17, 15) is 19.8 Å². The number of hydrogen-bond donors (Lipinski definition) is 4. The fourth-order valence-electron chi connectivity index (χ4n) is 5.27. The number of phenolic OH excluding ortho intramolecular Hbond substituents is 2. The zero-order valence-corrected chi connectivity index (χ0v) is 26.7. The molecular formula is C35H54N2O4. The molecule has 6 heteroatoms. The Morgan fingerprint density at radius 2 is 0.829 bits per heavy atom. The van der Waals surface area contributed by atoms with Crippen LogP contribution in [0.1, 0.15) is 102 Å². The summed E-state index contributed by atoms with van der Waals surface area (Å²) in [5.41, 5.74) is 5.89. The Morgan fingerprint density at radius 1 is 0.561 bits per heavy atom. The Labute approximate surface area is 248 Å². The van der Waals surface area contributed by atoms with E-state index in [2.05, 4.69) is 66.0 Å². The third kappa shape index (κ3) is 12.2. The molecule has 2 aromatic carbocycles. The van der Waals surface area contributed by atoms with Crippen LogP contribution in [-0.4, -0.2) is 28.7 Å². The van der Waals surface area contributed by atoms with Crippen molar-refractivity contribution in [2.75, 3.05) is 6.67 Å². The molecule has 2 aromatic rings. The van der Waals surface area contributed by atoms with Crippen molar-refractivity contribution in [3.05, 3.63) is 57.6 Å². The van der Waals surface area contributed by atoms with Crippen LogP contribution >= 0.6 is 0 Å². The van der Waals surface area contributed by atoms with Crippen LogP contribution in [0, 0.1) is 23.7 Å². The minimum atomic E-state index is -0.121. The van der Waals surface area contributed by atoms with E-state index in [0.29, 0.717) is 60.9 Å². The standard InChI is InChI=1S/C35H54N2O4/c1-22(2)13-28-17-26(18-29(34(28)40)14-23(3)4)9-11-32(38)36-21-37-33(39)12-10-27-19-30(15-24(5)6)35(41)31(20-27)16-25(7)8/h17-20,22-25,40-41H,9-16,21H2,1-8H3,(H,36,38)(H,37,39). The molecule has 0 aliphatic heterocycles. The summed E-state index contributed by atoms with van der Waals surface area (Å²) >= 11 is 0. The van der Waals surface area contributed by atoms with Gasteiger partial charge in [0, 0.05) is 12.8 Å². The van der Waals surface area contributed by atoms with Crippen molar-refractivity contribution in [1.82, 2.24) is 10.6 Å². The lowest BCUT2D eigenvalue weighted by atomic mass is 9.92. The van der Waals surface area contributed by atoms with E-state index < -0.39 is 0 Å². The van der Waals surface area contributed by atoms with Crippen LogP contribution < -0.4 is 10.6 Å². The molecule has 2 amide bonds. The molecule has 0 saturated carbocycles. The van der Waals surface area contributed by atoms with E-state index >= 15 is 0 Å². The lowest BCUT2D eigenvalue weighted by molar-refractivity contribution is -0.122. The number of phenols is 2. The van der Waals surface area contributed by atoms with Gasteiger partial charge in [-0.2, -0.15) is 0 Å².